The fourth-order valence-electron chi connectivity index (χ4n) is 3.95. The van der Waals surface area contributed by atoms with Crippen molar-refractivity contribution in [3.63, 3.8) is 0 Å². The summed E-state index contributed by atoms with van der Waals surface area (Å²) in [7, 11) is 0. The molecule has 1 aliphatic heterocycles. The van der Waals surface area contributed by atoms with Gasteiger partial charge in [0.2, 0.25) is 0 Å². The maximum Gasteiger partial charge on any atom is 0.338 e. The lowest BCUT2D eigenvalue weighted by atomic mass is 9.94. The number of carboxylic acids is 1. The highest BCUT2D eigenvalue weighted by Crippen LogP contribution is 2.38. The van der Waals surface area contributed by atoms with E-state index in [1.54, 1.807) is 37.3 Å². The average Bonchev–Trinajstić information content (AvgIpc) is 2.87. The standard InChI is InChI=1S/C27H22Cl2N2O5/c1-16-22(26(34)36-15-18-6-3-2-4-7-18)24(20-8-5-9-21(28)23(20)29)30-27(35)31(16)14-17-10-12-19(13-11-17)25(32)33/h2-13,24H,14-15H2,1H3,(H,30,35)(H,32,33). The molecule has 3 aromatic carbocycles. The quantitative estimate of drug-likeness (QED) is 0.371. The molecular weight excluding hydrogens is 503 g/mol. The third-order valence-electron chi connectivity index (χ3n) is 5.86. The lowest BCUT2D eigenvalue weighted by molar-refractivity contribution is -0.141. The Labute approximate surface area is 217 Å². The zero-order valence-electron chi connectivity index (χ0n) is 19.2. The van der Waals surface area contributed by atoms with E-state index in [1.807, 2.05) is 30.3 Å². The molecule has 184 valence electrons. The van der Waals surface area contributed by atoms with Gasteiger partial charge in [-0.15, -0.1) is 0 Å². The van der Waals surface area contributed by atoms with E-state index in [0.717, 1.165) is 5.56 Å². The number of allylic oxidation sites excluding steroid dienone is 1. The third-order valence-corrected chi connectivity index (χ3v) is 6.70. The zero-order chi connectivity index (χ0) is 25.8. The topological polar surface area (TPSA) is 95.9 Å². The normalized spacial score (nSPS) is 15.5. The Morgan fingerprint density at radius 2 is 1.67 bits per heavy atom. The van der Waals surface area contributed by atoms with Gasteiger partial charge in [-0.1, -0.05) is 77.8 Å². The number of nitrogens with one attached hydrogen (secondary N) is 1. The van der Waals surface area contributed by atoms with Crippen molar-refractivity contribution < 1.29 is 24.2 Å². The maximum atomic E-state index is 13.4. The minimum Gasteiger partial charge on any atom is -0.478 e. The van der Waals surface area contributed by atoms with Gasteiger partial charge in [0.05, 0.1) is 33.8 Å². The first kappa shape index (κ1) is 25.3. The van der Waals surface area contributed by atoms with E-state index in [-0.39, 0.29) is 29.3 Å². The average molecular weight is 525 g/mol. The summed E-state index contributed by atoms with van der Waals surface area (Å²) in [5.74, 6) is -1.65. The van der Waals surface area contributed by atoms with Crippen molar-refractivity contribution >= 4 is 41.2 Å². The smallest absolute Gasteiger partial charge is 0.338 e. The molecule has 0 spiro atoms. The molecule has 36 heavy (non-hydrogen) atoms. The molecule has 0 bridgehead atoms. The van der Waals surface area contributed by atoms with Gasteiger partial charge in [0.15, 0.2) is 0 Å². The lowest BCUT2D eigenvalue weighted by Crippen LogP contribution is -2.47. The van der Waals surface area contributed by atoms with Crippen LogP contribution in [0.3, 0.4) is 0 Å². The van der Waals surface area contributed by atoms with Crippen LogP contribution in [0.2, 0.25) is 10.0 Å². The Morgan fingerprint density at radius 1 is 0.972 bits per heavy atom. The van der Waals surface area contributed by atoms with Crippen LogP contribution in [0.1, 0.15) is 40.0 Å². The van der Waals surface area contributed by atoms with Gasteiger partial charge in [0.25, 0.3) is 0 Å². The lowest BCUT2D eigenvalue weighted by Gasteiger charge is -2.35. The summed E-state index contributed by atoms with van der Waals surface area (Å²) in [6.07, 6.45) is 0. The van der Waals surface area contributed by atoms with Crippen molar-refractivity contribution in [1.82, 2.24) is 10.2 Å². The highest BCUT2D eigenvalue weighted by atomic mass is 35.5. The molecule has 1 atom stereocenters. The number of hydrogen-bond acceptors (Lipinski definition) is 4. The maximum absolute atomic E-state index is 13.4. The molecule has 2 amide bonds. The van der Waals surface area contributed by atoms with Crippen LogP contribution in [0.5, 0.6) is 0 Å². The Kier molecular flexibility index (Phi) is 7.62. The minimum atomic E-state index is -1.04. The number of hydrogen-bond donors (Lipinski definition) is 2. The second kappa shape index (κ2) is 10.8. The van der Waals surface area contributed by atoms with Crippen molar-refractivity contribution in [3.8, 4) is 0 Å². The highest BCUT2D eigenvalue weighted by Gasteiger charge is 2.37. The molecule has 9 heteroatoms. The molecule has 0 fully saturated rings. The molecule has 1 heterocycles. The molecule has 2 N–H and O–H groups in total. The van der Waals surface area contributed by atoms with Crippen LogP contribution in [0.4, 0.5) is 4.79 Å². The summed E-state index contributed by atoms with van der Waals surface area (Å²) in [5, 5.41) is 12.5. The van der Waals surface area contributed by atoms with E-state index in [2.05, 4.69) is 5.32 Å². The van der Waals surface area contributed by atoms with E-state index in [1.165, 1.54) is 17.0 Å². The number of carbonyl (C=O) groups excluding carboxylic acids is 2. The molecule has 0 saturated heterocycles. The number of amides is 2. The van der Waals surface area contributed by atoms with Crippen LogP contribution in [-0.2, 0) is 22.7 Å². The molecule has 0 aliphatic carbocycles. The van der Waals surface area contributed by atoms with Crippen LogP contribution in [-0.4, -0.2) is 28.0 Å². The van der Waals surface area contributed by atoms with Gasteiger partial charge >= 0.3 is 18.0 Å². The number of aromatic carboxylic acids is 1. The summed E-state index contributed by atoms with van der Waals surface area (Å²) >= 11 is 12.7. The summed E-state index contributed by atoms with van der Waals surface area (Å²) in [6.45, 7) is 1.83. The van der Waals surface area contributed by atoms with E-state index in [9.17, 15) is 14.4 Å². The van der Waals surface area contributed by atoms with E-state index in [0.29, 0.717) is 21.8 Å². The Bertz CT molecular complexity index is 1340. The number of carbonyl (C=O) groups is 3. The number of benzene rings is 3. The Hall–Kier alpha value is -3.81. The van der Waals surface area contributed by atoms with Gasteiger partial charge in [0, 0.05) is 5.70 Å². The van der Waals surface area contributed by atoms with Crippen LogP contribution in [0.15, 0.2) is 84.1 Å². The first-order valence-electron chi connectivity index (χ1n) is 11.0. The Balaban J connectivity index is 1.70. The third kappa shape index (κ3) is 5.37. The molecule has 7 nitrogen and oxygen atoms in total. The van der Waals surface area contributed by atoms with Crippen molar-refractivity contribution in [2.75, 3.05) is 0 Å². The molecule has 0 saturated carbocycles. The molecule has 4 rings (SSSR count). The fourth-order valence-corrected chi connectivity index (χ4v) is 4.37. The van der Waals surface area contributed by atoms with Crippen molar-refractivity contribution in [2.45, 2.75) is 26.1 Å². The largest absolute Gasteiger partial charge is 0.478 e. The van der Waals surface area contributed by atoms with Gasteiger partial charge < -0.3 is 15.2 Å². The predicted molar refractivity (Wildman–Crippen MR) is 136 cm³/mol. The predicted octanol–water partition coefficient (Wildman–Crippen LogP) is 5.98. The summed E-state index contributed by atoms with van der Waals surface area (Å²) in [6, 6.07) is 19.1. The van der Waals surface area contributed by atoms with E-state index < -0.39 is 24.0 Å². The van der Waals surface area contributed by atoms with Crippen molar-refractivity contribution in [2.24, 2.45) is 0 Å². The summed E-state index contributed by atoms with van der Waals surface area (Å²) in [4.78, 5) is 39.1. The Morgan fingerprint density at radius 3 is 2.33 bits per heavy atom. The van der Waals surface area contributed by atoms with Gasteiger partial charge in [0.1, 0.15) is 6.61 Å². The molecule has 0 aromatic heterocycles. The number of nitrogens with zero attached hydrogens (tertiary/aromatic N) is 1. The van der Waals surface area contributed by atoms with Gasteiger partial charge in [-0.2, -0.15) is 0 Å². The molecule has 3 aromatic rings. The van der Waals surface area contributed by atoms with Gasteiger partial charge in [-0.05, 0) is 41.8 Å². The number of esters is 1. The number of urea groups is 1. The first-order chi connectivity index (χ1) is 17.3. The van der Waals surface area contributed by atoms with E-state index >= 15 is 0 Å². The monoisotopic (exact) mass is 524 g/mol. The van der Waals surface area contributed by atoms with Gasteiger partial charge in [-0.3, -0.25) is 4.90 Å². The SMILES string of the molecule is CC1=C(C(=O)OCc2ccccc2)C(c2cccc(Cl)c2Cl)NC(=O)N1Cc1ccc(C(=O)O)cc1. The molecule has 1 aliphatic rings. The number of carboxylic acid groups (broad SMARTS) is 1. The van der Waals surface area contributed by atoms with Crippen LogP contribution < -0.4 is 5.32 Å². The van der Waals surface area contributed by atoms with Crippen LogP contribution in [0.25, 0.3) is 0 Å². The number of rotatable bonds is 7. The summed E-state index contributed by atoms with van der Waals surface area (Å²) in [5.41, 5.74) is 2.71. The second-order valence-electron chi connectivity index (χ2n) is 8.17. The van der Waals surface area contributed by atoms with Crippen molar-refractivity contribution in [1.29, 1.82) is 0 Å². The molecule has 0 radical (unpaired) electrons. The molecule has 1 unspecified atom stereocenters. The minimum absolute atomic E-state index is 0.0526. The molecular formula is C27H22Cl2N2O5. The van der Waals surface area contributed by atoms with E-state index in [4.69, 9.17) is 33.0 Å². The van der Waals surface area contributed by atoms with Crippen LogP contribution in [0, 0.1) is 0 Å². The first-order valence-corrected chi connectivity index (χ1v) is 11.8. The van der Waals surface area contributed by atoms with Crippen molar-refractivity contribution in [3.05, 3.63) is 116 Å². The van der Waals surface area contributed by atoms with Gasteiger partial charge in [-0.25, -0.2) is 14.4 Å². The zero-order valence-corrected chi connectivity index (χ0v) is 20.7. The number of halogens is 2. The second-order valence-corrected chi connectivity index (χ2v) is 8.96. The number of ether oxygens (including phenoxy) is 1. The highest BCUT2D eigenvalue weighted by molar-refractivity contribution is 6.42. The summed E-state index contributed by atoms with van der Waals surface area (Å²) < 4.78 is 5.62. The van der Waals surface area contributed by atoms with Crippen LogP contribution >= 0.6 is 23.2 Å². The fraction of sp³-hybridized carbons (Fsp3) is 0.148.